The Kier molecular flexibility index (Phi) is 6.08. The number of rotatable bonds is 8. The molecule has 106 valence electrons. The second-order valence-electron chi connectivity index (χ2n) is 4.23. The van der Waals surface area contributed by atoms with Crippen molar-refractivity contribution in [3.8, 4) is 0 Å². The molecular formula is C13H21N3O3. The third-order valence-electron chi connectivity index (χ3n) is 2.81. The summed E-state index contributed by atoms with van der Waals surface area (Å²) in [5.74, 6) is 0. The number of nitro benzene ring substituents is 1. The molecule has 6 heteroatoms. The van der Waals surface area contributed by atoms with Crippen molar-refractivity contribution in [1.29, 1.82) is 0 Å². The molecule has 2 N–H and O–H groups in total. The fraction of sp³-hybridized carbons (Fsp3) is 0.538. The highest BCUT2D eigenvalue weighted by Gasteiger charge is 2.13. The maximum absolute atomic E-state index is 11.0. The van der Waals surface area contributed by atoms with E-state index in [1.165, 1.54) is 12.1 Å². The number of aliphatic hydroxyl groups is 1. The van der Waals surface area contributed by atoms with E-state index in [0.29, 0.717) is 13.1 Å². The zero-order chi connectivity index (χ0) is 14.3. The van der Waals surface area contributed by atoms with Crippen LogP contribution in [0.4, 0.5) is 17.1 Å². The van der Waals surface area contributed by atoms with Crippen molar-refractivity contribution < 1.29 is 10.0 Å². The van der Waals surface area contributed by atoms with Gasteiger partial charge in [0.25, 0.3) is 5.69 Å². The first-order valence-electron chi connectivity index (χ1n) is 6.51. The van der Waals surface area contributed by atoms with E-state index in [4.69, 9.17) is 5.11 Å². The minimum Gasteiger partial charge on any atom is -0.395 e. The van der Waals surface area contributed by atoms with Crippen LogP contribution in [0.5, 0.6) is 0 Å². The lowest BCUT2D eigenvalue weighted by atomic mass is 10.2. The summed E-state index contributed by atoms with van der Waals surface area (Å²) in [6.07, 6.45) is 0.951. The molecule has 0 spiro atoms. The van der Waals surface area contributed by atoms with Gasteiger partial charge in [-0.25, -0.2) is 0 Å². The van der Waals surface area contributed by atoms with E-state index in [1.54, 1.807) is 0 Å². The molecule has 0 aliphatic heterocycles. The van der Waals surface area contributed by atoms with Gasteiger partial charge in [-0.2, -0.15) is 0 Å². The second kappa shape index (κ2) is 7.58. The first-order chi connectivity index (χ1) is 9.12. The lowest BCUT2D eigenvalue weighted by Gasteiger charge is -2.22. The highest BCUT2D eigenvalue weighted by atomic mass is 16.6. The first-order valence-corrected chi connectivity index (χ1v) is 6.51. The van der Waals surface area contributed by atoms with Gasteiger partial charge < -0.3 is 15.3 Å². The molecule has 0 atom stereocenters. The van der Waals surface area contributed by atoms with Gasteiger partial charge in [0.15, 0.2) is 0 Å². The number of nitrogens with one attached hydrogen (secondary N) is 1. The van der Waals surface area contributed by atoms with E-state index in [9.17, 15) is 10.1 Å². The Morgan fingerprint density at radius 1 is 1.37 bits per heavy atom. The summed E-state index contributed by atoms with van der Waals surface area (Å²) in [6.45, 7) is 5.93. The summed E-state index contributed by atoms with van der Waals surface area (Å²) in [5, 5.41) is 23.1. The third-order valence-corrected chi connectivity index (χ3v) is 2.81. The van der Waals surface area contributed by atoms with Crippen molar-refractivity contribution in [3.63, 3.8) is 0 Å². The highest BCUT2D eigenvalue weighted by Crippen LogP contribution is 2.27. The molecule has 1 aromatic carbocycles. The van der Waals surface area contributed by atoms with Gasteiger partial charge in [-0.05, 0) is 19.4 Å². The summed E-state index contributed by atoms with van der Waals surface area (Å²) in [7, 11) is 0. The number of nitro groups is 1. The molecule has 6 nitrogen and oxygen atoms in total. The fourth-order valence-corrected chi connectivity index (χ4v) is 1.85. The van der Waals surface area contributed by atoms with Crippen LogP contribution in [-0.2, 0) is 0 Å². The van der Waals surface area contributed by atoms with Crippen molar-refractivity contribution >= 4 is 17.1 Å². The average Bonchev–Trinajstić information content (AvgIpc) is 2.42. The molecule has 0 aliphatic rings. The number of non-ortho nitro benzene ring substituents is 1. The zero-order valence-corrected chi connectivity index (χ0v) is 11.4. The van der Waals surface area contributed by atoms with E-state index in [2.05, 4.69) is 5.32 Å². The molecule has 0 radical (unpaired) electrons. The molecule has 0 unspecified atom stereocenters. The Bertz CT molecular complexity index is 424. The van der Waals surface area contributed by atoms with Crippen LogP contribution in [0.3, 0.4) is 0 Å². The standard InChI is InChI=1S/C13H21N3O3/c1-3-5-14-11-8-12(15(4-2)6-7-17)10-13(9-11)16(18)19/h8-10,14,17H,3-7H2,1-2H3. The SMILES string of the molecule is CCCNc1cc(N(CC)CCO)cc([N+](=O)[O-])c1. The first kappa shape index (κ1) is 15.2. The molecule has 1 aromatic rings. The van der Waals surface area contributed by atoms with Gasteiger partial charge in [-0.1, -0.05) is 6.92 Å². The predicted octanol–water partition coefficient (Wildman–Crippen LogP) is 2.24. The molecule has 0 saturated carbocycles. The van der Waals surface area contributed by atoms with Crippen LogP contribution in [0.25, 0.3) is 0 Å². The average molecular weight is 267 g/mol. The third kappa shape index (κ3) is 4.40. The monoisotopic (exact) mass is 267 g/mol. The number of aliphatic hydroxyl groups excluding tert-OH is 1. The molecule has 1 rings (SSSR count). The van der Waals surface area contributed by atoms with Gasteiger partial charge in [-0.3, -0.25) is 10.1 Å². The number of anilines is 2. The molecule has 0 amide bonds. The van der Waals surface area contributed by atoms with Gasteiger partial charge in [0.05, 0.1) is 11.5 Å². The normalized spacial score (nSPS) is 10.3. The number of likely N-dealkylation sites (N-methyl/N-ethyl adjacent to an activating group) is 1. The van der Waals surface area contributed by atoms with E-state index in [0.717, 1.165) is 24.3 Å². The zero-order valence-electron chi connectivity index (χ0n) is 11.4. The van der Waals surface area contributed by atoms with Gasteiger partial charge in [-0.15, -0.1) is 0 Å². The molecule has 0 aliphatic carbocycles. The van der Waals surface area contributed by atoms with Crippen LogP contribution in [0.1, 0.15) is 20.3 Å². The summed E-state index contributed by atoms with van der Waals surface area (Å²) >= 11 is 0. The minimum atomic E-state index is -0.395. The van der Waals surface area contributed by atoms with Crippen molar-refractivity contribution in [1.82, 2.24) is 0 Å². The molecule has 0 fully saturated rings. The number of nitrogens with zero attached hydrogens (tertiary/aromatic N) is 2. The Labute approximate surface area is 113 Å². The van der Waals surface area contributed by atoms with Crippen molar-refractivity contribution in [2.45, 2.75) is 20.3 Å². The Morgan fingerprint density at radius 3 is 2.63 bits per heavy atom. The molecule has 0 aromatic heterocycles. The van der Waals surface area contributed by atoms with Crippen LogP contribution in [0, 0.1) is 10.1 Å². The van der Waals surface area contributed by atoms with Crippen LogP contribution in [0.15, 0.2) is 18.2 Å². The largest absolute Gasteiger partial charge is 0.395 e. The Balaban J connectivity index is 3.07. The predicted molar refractivity (Wildman–Crippen MR) is 76.8 cm³/mol. The van der Waals surface area contributed by atoms with Crippen molar-refractivity contribution in [2.75, 3.05) is 36.5 Å². The van der Waals surface area contributed by atoms with Crippen molar-refractivity contribution in [2.24, 2.45) is 0 Å². The van der Waals surface area contributed by atoms with E-state index in [-0.39, 0.29) is 12.3 Å². The minimum absolute atomic E-state index is 0.0221. The molecule has 0 saturated heterocycles. The van der Waals surface area contributed by atoms with E-state index >= 15 is 0 Å². The summed E-state index contributed by atoms with van der Waals surface area (Å²) in [4.78, 5) is 12.5. The summed E-state index contributed by atoms with van der Waals surface area (Å²) in [5.41, 5.74) is 1.55. The highest BCUT2D eigenvalue weighted by molar-refractivity contribution is 5.64. The van der Waals surface area contributed by atoms with Gasteiger partial charge in [0.2, 0.25) is 0 Å². The smallest absolute Gasteiger partial charge is 0.273 e. The van der Waals surface area contributed by atoms with E-state index < -0.39 is 4.92 Å². The number of benzene rings is 1. The summed E-state index contributed by atoms with van der Waals surface area (Å²) < 4.78 is 0. The quantitative estimate of drug-likeness (QED) is 0.558. The van der Waals surface area contributed by atoms with Crippen molar-refractivity contribution in [3.05, 3.63) is 28.3 Å². The number of hydrogen-bond acceptors (Lipinski definition) is 5. The topological polar surface area (TPSA) is 78.6 Å². The maximum atomic E-state index is 11.0. The van der Waals surface area contributed by atoms with Crippen LogP contribution in [0.2, 0.25) is 0 Å². The van der Waals surface area contributed by atoms with Crippen LogP contribution < -0.4 is 10.2 Å². The Hall–Kier alpha value is -1.82. The number of hydrogen-bond donors (Lipinski definition) is 2. The molecule has 0 heterocycles. The Morgan fingerprint density at radius 2 is 2.11 bits per heavy atom. The lowest BCUT2D eigenvalue weighted by molar-refractivity contribution is -0.384. The molecule has 19 heavy (non-hydrogen) atoms. The van der Waals surface area contributed by atoms with Crippen LogP contribution in [-0.4, -0.2) is 36.3 Å². The van der Waals surface area contributed by atoms with Gasteiger partial charge >= 0.3 is 0 Å². The van der Waals surface area contributed by atoms with Gasteiger partial charge in [0.1, 0.15) is 0 Å². The lowest BCUT2D eigenvalue weighted by Crippen LogP contribution is -2.26. The molecule has 0 bridgehead atoms. The summed E-state index contributed by atoms with van der Waals surface area (Å²) in [6, 6.07) is 4.95. The van der Waals surface area contributed by atoms with Crippen LogP contribution >= 0.6 is 0 Å². The van der Waals surface area contributed by atoms with E-state index in [1.807, 2.05) is 24.8 Å². The fourth-order valence-electron chi connectivity index (χ4n) is 1.85. The maximum Gasteiger partial charge on any atom is 0.273 e. The molecular weight excluding hydrogens is 246 g/mol. The van der Waals surface area contributed by atoms with Gasteiger partial charge in [0, 0.05) is 43.1 Å². The second-order valence-corrected chi connectivity index (χ2v) is 4.23.